The predicted molar refractivity (Wildman–Crippen MR) is 83.3 cm³/mol. The fraction of sp³-hybridized carbons (Fsp3) is 0.333. The van der Waals surface area contributed by atoms with Crippen molar-refractivity contribution in [2.24, 2.45) is 0 Å². The van der Waals surface area contributed by atoms with Crippen LogP contribution in [0.15, 0.2) is 34.5 Å². The van der Waals surface area contributed by atoms with Gasteiger partial charge in [-0.05, 0) is 48.7 Å². The Morgan fingerprint density at radius 1 is 1.19 bits per heavy atom. The summed E-state index contributed by atoms with van der Waals surface area (Å²) >= 11 is 1.33. The molecule has 0 aliphatic carbocycles. The number of fused-ring (bicyclic) bond motifs is 1. The van der Waals surface area contributed by atoms with Crippen molar-refractivity contribution in [2.75, 3.05) is 13.7 Å². The Kier molecular flexibility index (Phi) is 3.77. The van der Waals surface area contributed by atoms with Crippen LogP contribution in [0, 0.1) is 6.92 Å². The van der Waals surface area contributed by atoms with E-state index < -0.39 is 10.0 Å². The molecule has 1 aliphatic heterocycles. The summed E-state index contributed by atoms with van der Waals surface area (Å²) in [5, 5.41) is 0. The Morgan fingerprint density at radius 3 is 2.67 bits per heavy atom. The van der Waals surface area contributed by atoms with E-state index in [2.05, 4.69) is 0 Å². The van der Waals surface area contributed by atoms with Gasteiger partial charge in [0.15, 0.2) is 0 Å². The summed E-state index contributed by atoms with van der Waals surface area (Å²) in [7, 11) is -1.74. The van der Waals surface area contributed by atoms with Crippen LogP contribution < -0.4 is 4.74 Å². The van der Waals surface area contributed by atoms with Crippen molar-refractivity contribution < 1.29 is 13.2 Å². The molecule has 0 radical (unpaired) electrons. The Balaban J connectivity index is 1.89. The number of thiophene rings is 1. The van der Waals surface area contributed by atoms with Crippen molar-refractivity contribution in [2.45, 2.75) is 24.1 Å². The zero-order valence-electron chi connectivity index (χ0n) is 12.0. The molecule has 112 valence electrons. The molecule has 0 atom stereocenters. The quantitative estimate of drug-likeness (QED) is 0.872. The number of rotatable bonds is 3. The molecule has 0 amide bonds. The predicted octanol–water partition coefficient (Wildman–Crippen LogP) is 2.81. The lowest BCUT2D eigenvalue weighted by Crippen LogP contribution is -2.35. The largest absolute Gasteiger partial charge is 0.497 e. The smallest absolute Gasteiger partial charge is 0.252 e. The first-order valence-corrected chi connectivity index (χ1v) is 8.99. The normalized spacial score (nSPS) is 15.7. The Morgan fingerprint density at radius 2 is 2.00 bits per heavy atom. The minimum Gasteiger partial charge on any atom is -0.497 e. The summed E-state index contributed by atoms with van der Waals surface area (Å²) in [5.41, 5.74) is 2.22. The van der Waals surface area contributed by atoms with Crippen molar-refractivity contribution in [1.29, 1.82) is 0 Å². The fourth-order valence-electron chi connectivity index (χ4n) is 2.51. The number of aryl methyl sites for hydroxylation is 1. The molecule has 0 fully saturated rings. The second-order valence-electron chi connectivity index (χ2n) is 5.09. The molecule has 6 heteroatoms. The summed E-state index contributed by atoms with van der Waals surface area (Å²) < 4.78 is 32.5. The molecule has 1 aromatic heterocycles. The molecule has 0 bridgehead atoms. The maximum absolute atomic E-state index is 12.6. The zero-order valence-corrected chi connectivity index (χ0v) is 13.6. The van der Waals surface area contributed by atoms with E-state index in [-0.39, 0.29) is 0 Å². The Labute approximate surface area is 129 Å². The Bertz CT molecular complexity index is 765. The van der Waals surface area contributed by atoms with Crippen LogP contribution in [0.5, 0.6) is 5.75 Å². The van der Waals surface area contributed by atoms with Gasteiger partial charge in [-0.15, -0.1) is 11.3 Å². The highest BCUT2D eigenvalue weighted by Gasteiger charge is 2.29. The number of sulfonamides is 1. The average Bonchev–Trinajstić information content (AvgIpc) is 2.93. The number of ether oxygens (including phenoxy) is 1. The number of hydrogen-bond donors (Lipinski definition) is 0. The van der Waals surface area contributed by atoms with Crippen LogP contribution in [0.25, 0.3) is 0 Å². The van der Waals surface area contributed by atoms with Crippen LogP contribution >= 0.6 is 11.3 Å². The standard InChI is InChI=1S/C15H17NO3S2/c1-11-3-6-15(20-11)21(17,18)16-8-7-12-9-14(19-2)5-4-13(12)10-16/h3-6,9H,7-8,10H2,1-2H3. The van der Waals surface area contributed by atoms with Gasteiger partial charge in [0.05, 0.1) is 7.11 Å². The van der Waals surface area contributed by atoms with E-state index in [1.54, 1.807) is 17.5 Å². The summed E-state index contributed by atoms with van der Waals surface area (Å²) in [5.74, 6) is 0.818. The third-order valence-corrected chi connectivity index (χ3v) is 7.01. The molecule has 2 aromatic rings. The van der Waals surface area contributed by atoms with Crippen LogP contribution in [0.2, 0.25) is 0 Å². The number of methoxy groups -OCH3 is 1. The molecule has 0 unspecified atom stereocenters. The minimum absolute atomic E-state index is 0.428. The fourth-order valence-corrected chi connectivity index (χ4v) is 5.37. The van der Waals surface area contributed by atoms with Crippen molar-refractivity contribution in [3.63, 3.8) is 0 Å². The summed E-state index contributed by atoms with van der Waals surface area (Å²) in [6.45, 7) is 2.86. The van der Waals surface area contributed by atoms with Crippen LogP contribution in [0.3, 0.4) is 0 Å². The lowest BCUT2D eigenvalue weighted by molar-refractivity contribution is 0.387. The molecule has 0 N–H and O–H groups in total. The highest BCUT2D eigenvalue weighted by atomic mass is 32.2. The summed E-state index contributed by atoms with van der Waals surface area (Å²) in [6.07, 6.45) is 0.718. The first kappa shape index (κ1) is 14.6. The third kappa shape index (κ3) is 2.71. The number of benzene rings is 1. The number of nitrogens with zero attached hydrogens (tertiary/aromatic N) is 1. The van der Waals surface area contributed by atoms with E-state index in [1.165, 1.54) is 16.9 Å². The molecule has 3 rings (SSSR count). The van der Waals surface area contributed by atoms with Gasteiger partial charge in [-0.3, -0.25) is 0 Å². The maximum Gasteiger partial charge on any atom is 0.252 e. The van der Waals surface area contributed by atoms with Crippen LogP contribution in [-0.4, -0.2) is 26.4 Å². The average molecular weight is 323 g/mol. The number of hydrogen-bond acceptors (Lipinski definition) is 4. The van der Waals surface area contributed by atoms with Crippen LogP contribution in [0.1, 0.15) is 16.0 Å². The summed E-state index contributed by atoms with van der Waals surface area (Å²) in [6, 6.07) is 9.37. The molecular weight excluding hydrogens is 306 g/mol. The zero-order chi connectivity index (χ0) is 15.0. The second kappa shape index (κ2) is 5.44. The van der Waals surface area contributed by atoms with E-state index in [9.17, 15) is 8.42 Å². The van der Waals surface area contributed by atoms with E-state index in [0.717, 1.165) is 22.6 Å². The van der Waals surface area contributed by atoms with Gasteiger partial charge in [0.25, 0.3) is 10.0 Å². The van der Waals surface area contributed by atoms with E-state index in [4.69, 9.17) is 4.74 Å². The molecule has 0 spiro atoms. The molecule has 4 nitrogen and oxygen atoms in total. The lowest BCUT2D eigenvalue weighted by Gasteiger charge is -2.27. The van der Waals surface area contributed by atoms with Crippen LogP contribution in [-0.2, 0) is 23.0 Å². The van der Waals surface area contributed by atoms with E-state index in [0.29, 0.717) is 17.3 Å². The van der Waals surface area contributed by atoms with Crippen molar-refractivity contribution in [1.82, 2.24) is 4.31 Å². The van der Waals surface area contributed by atoms with Crippen LogP contribution in [0.4, 0.5) is 0 Å². The SMILES string of the molecule is COc1ccc2c(c1)CCN(S(=O)(=O)c1ccc(C)s1)C2. The molecule has 1 aliphatic rings. The van der Waals surface area contributed by atoms with E-state index >= 15 is 0 Å². The van der Waals surface area contributed by atoms with E-state index in [1.807, 2.05) is 31.2 Å². The van der Waals surface area contributed by atoms with Gasteiger partial charge >= 0.3 is 0 Å². The Hall–Kier alpha value is -1.37. The van der Waals surface area contributed by atoms with Crippen molar-refractivity contribution in [3.05, 3.63) is 46.3 Å². The molecule has 1 aromatic carbocycles. The molecule has 21 heavy (non-hydrogen) atoms. The monoisotopic (exact) mass is 323 g/mol. The first-order valence-electron chi connectivity index (χ1n) is 6.73. The molecular formula is C15H17NO3S2. The highest BCUT2D eigenvalue weighted by molar-refractivity contribution is 7.91. The van der Waals surface area contributed by atoms with Gasteiger partial charge in [0, 0.05) is 18.0 Å². The first-order chi connectivity index (χ1) is 10.0. The molecule has 0 saturated carbocycles. The van der Waals surface area contributed by atoms with Gasteiger partial charge in [0.1, 0.15) is 9.96 Å². The molecule has 0 saturated heterocycles. The van der Waals surface area contributed by atoms with Gasteiger partial charge in [-0.2, -0.15) is 4.31 Å². The highest BCUT2D eigenvalue weighted by Crippen LogP contribution is 2.30. The second-order valence-corrected chi connectivity index (χ2v) is 8.54. The molecule has 2 heterocycles. The van der Waals surface area contributed by atoms with Gasteiger partial charge in [-0.1, -0.05) is 6.07 Å². The van der Waals surface area contributed by atoms with Gasteiger partial charge in [-0.25, -0.2) is 8.42 Å². The minimum atomic E-state index is -3.38. The lowest BCUT2D eigenvalue weighted by atomic mass is 10.0. The maximum atomic E-state index is 12.6. The summed E-state index contributed by atoms with van der Waals surface area (Å²) in [4.78, 5) is 1.01. The topological polar surface area (TPSA) is 46.6 Å². The van der Waals surface area contributed by atoms with Crippen molar-refractivity contribution >= 4 is 21.4 Å². The van der Waals surface area contributed by atoms with Crippen molar-refractivity contribution in [3.8, 4) is 5.75 Å². The van der Waals surface area contributed by atoms with Gasteiger partial charge < -0.3 is 4.74 Å². The third-order valence-electron chi connectivity index (χ3n) is 3.70. The van der Waals surface area contributed by atoms with Gasteiger partial charge in [0.2, 0.25) is 0 Å².